The summed E-state index contributed by atoms with van der Waals surface area (Å²) in [6.45, 7) is 1.19. The average molecular weight is 300 g/mol. The largest absolute Gasteiger partial charge is 0.391 e. The maximum absolute atomic E-state index is 11.9. The molecule has 0 aromatic heterocycles. The maximum Gasteiger partial charge on any atom is 0.272 e. The summed E-state index contributed by atoms with van der Waals surface area (Å²) in [7, 11) is 0. The zero-order valence-electron chi connectivity index (χ0n) is 11.4. The van der Waals surface area contributed by atoms with Crippen LogP contribution in [0.1, 0.15) is 6.92 Å². The highest BCUT2D eigenvalue weighted by Crippen LogP contribution is 2.14. The number of nitrogens with zero attached hydrogens (tertiary/aromatic N) is 1. The average Bonchev–Trinajstić information content (AvgIpc) is 2.51. The van der Waals surface area contributed by atoms with Gasteiger partial charge >= 0.3 is 0 Å². The smallest absolute Gasteiger partial charge is 0.272 e. The molecule has 0 saturated heterocycles. The summed E-state index contributed by atoms with van der Waals surface area (Å²) in [4.78, 5) is 11.9. The van der Waals surface area contributed by atoms with Crippen molar-refractivity contribution in [3.63, 3.8) is 0 Å². The molecule has 0 heterocycles. The number of nitrogens with two attached hydrogens (primary N) is 1. The van der Waals surface area contributed by atoms with Crippen molar-refractivity contribution in [2.75, 3.05) is 5.01 Å². The Morgan fingerprint density at radius 2 is 1.52 bits per heavy atom. The number of aliphatic hydroxyl groups is 5. The second-order valence-corrected chi connectivity index (χ2v) is 4.70. The van der Waals surface area contributed by atoms with Gasteiger partial charge in [0, 0.05) is 0 Å². The summed E-state index contributed by atoms with van der Waals surface area (Å²) in [6, 6.07) is 7.97. The van der Waals surface area contributed by atoms with Crippen LogP contribution < -0.4 is 10.9 Å². The lowest BCUT2D eigenvalue weighted by atomic mass is 9.99. The van der Waals surface area contributed by atoms with Gasteiger partial charge in [-0.05, 0) is 19.1 Å². The number of para-hydroxylation sites is 1. The minimum atomic E-state index is -2.06. The fourth-order valence-corrected chi connectivity index (χ4v) is 1.68. The van der Waals surface area contributed by atoms with E-state index in [9.17, 15) is 25.2 Å². The predicted molar refractivity (Wildman–Crippen MR) is 73.8 cm³/mol. The molecule has 0 aliphatic carbocycles. The molecule has 8 heteroatoms. The third-order valence-corrected chi connectivity index (χ3v) is 3.04. The van der Waals surface area contributed by atoms with E-state index >= 15 is 0 Å². The van der Waals surface area contributed by atoms with E-state index in [0.717, 1.165) is 0 Å². The van der Waals surface area contributed by atoms with E-state index < -0.39 is 36.4 Å². The lowest BCUT2D eigenvalue weighted by Crippen LogP contribution is -2.55. The van der Waals surface area contributed by atoms with Gasteiger partial charge in [-0.25, -0.2) is 10.9 Å². The highest BCUT2D eigenvalue weighted by atomic mass is 16.4. The van der Waals surface area contributed by atoms with Crippen molar-refractivity contribution in [3.8, 4) is 0 Å². The van der Waals surface area contributed by atoms with Crippen LogP contribution in [0.2, 0.25) is 0 Å². The number of hydrogen-bond acceptors (Lipinski definition) is 7. The van der Waals surface area contributed by atoms with Gasteiger partial charge in [-0.1, -0.05) is 18.2 Å². The first-order chi connectivity index (χ1) is 9.77. The molecule has 1 amide bonds. The Morgan fingerprint density at radius 1 is 1.00 bits per heavy atom. The number of hydrazine groups is 1. The maximum atomic E-state index is 11.9. The van der Waals surface area contributed by atoms with Crippen molar-refractivity contribution in [2.24, 2.45) is 5.84 Å². The third-order valence-electron chi connectivity index (χ3n) is 3.04. The fraction of sp³-hybridized carbons (Fsp3) is 0.462. The van der Waals surface area contributed by atoms with Crippen LogP contribution in [0, 0.1) is 0 Å². The van der Waals surface area contributed by atoms with Crippen LogP contribution in [0.3, 0.4) is 0 Å². The lowest BCUT2D eigenvalue weighted by molar-refractivity contribution is -0.151. The number of anilines is 1. The van der Waals surface area contributed by atoms with E-state index in [4.69, 9.17) is 10.9 Å². The zero-order chi connectivity index (χ0) is 16.2. The number of hydrogen-bond donors (Lipinski definition) is 6. The number of carbonyl (C=O) groups is 1. The van der Waals surface area contributed by atoms with Crippen molar-refractivity contribution in [1.82, 2.24) is 0 Å². The molecule has 1 aromatic carbocycles. The quantitative estimate of drug-likeness (QED) is 0.197. The van der Waals surface area contributed by atoms with E-state index in [1.54, 1.807) is 18.2 Å². The molecule has 21 heavy (non-hydrogen) atoms. The van der Waals surface area contributed by atoms with Gasteiger partial charge in [0.1, 0.15) is 18.3 Å². The Labute approximate surface area is 121 Å². The van der Waals surface area contributed by atoms with Crippen molar-refractivity contribution in [1.29, 1.82) is 0 Å². The molecule has 7 N–H and O–H groups in total. The molecular formula is C13H20N2O6. The van der Waals surface area contributed by atoms with Crippen molar-refractivity contribution in [2.45, 2.75) is 37.4 Å². The topological polar surface area (TPSA) is 147 Å². The lowest BCUT2D eigenvalue weighted by Gasteiger charge is -2.29. The predicted octanol–water partition coefficient (Wildman–Crippen LogP) is -2.28. The van der Waals surface area contributed by atoms with Crippen LogP contribution in [0.5, 0.6) is 0 Å². The number of aliphatic hydroxyl groups excluding tert-OH is 5. The highest BCUT2D eigenvalue weighted by molar-refractivity contribution is 5.95. The van der Waals surface area contributed by atoms with Gasteiger partial charge in [0.05, 0.1) is 11.8 Å². The molecular weight excluding hydrogens is 280 g/mol. The molecule has 0 fully saturated rings. The molecule has 0 aliphatic rings. The minimum Gasteiger partial charge on any atom is -0.391 e. The molecule has 0 saturated carbocycles. The van der Waals surface area contributed by atoms with Gasteiger partial charge in [-0.3, -0.25) is 4.79 Å². The standard InChI is InChI=1S/C13H20N2O6/c1-7(16)9(17)10(18)11(19)12(20)13(21)15(14)8-5-3-2-4-6-8/h2-7,9-12,16-20H,14H2,1H3/t7-,9+,10+,11-,12-/m0/s1. The summed E-state index contributed by atoms with van der Waals surface area (Å²) in [5, 5.41) is 48.2. The van der Waals surface area contributed by atoms with E-state index in [2.05, 4.69) is 0 Å². The van der Waals surface area contributed by atoms with E-state index in [1.165, 1.54) is 19.1 Å². The zero-order valence-corrected chi connectivity index (χ0v) is 11.4. The van der Waals surface area contributed by atoms with E-state index in [1.807, 2.05) is 0 Å². The minimum absolute atomic E-state index is 0.277. The van der Waals surface area contributed by atoms with Crippen molar-refractivity contribution < 1.29 is 30.3 Å². The van der Waals surface area contributed by atoms with Crippen molar-refractivity contribution in [3.05, 3.63) is 30.3 Å². The Kier molecular flexibility index (Phi) is 6.21. The van der Waals surface area contributed by atoms with Crippen LogP contribution in [0.25, 0.3) is 0 Å². The molecule has 1 aromatic rings. The SMILES string of the molecule is C[C@H](O)[C@@H](O)[C@@H](O)[C@H](O)[C@H](O)C(=O)N(N)c1ccccc1. The molecule has 118 valence electrons. The summed E-state index contributed by atoms with van der Waals surface area (Å²) in [5.74, 6) is 4.47. The van der Waals surface area contributed by atoms with Crippen molar-refractivity contribution >= 4 is 11.6 Å². The van der Waals surface area contributed by atoms with Crippen LogP contribution >= 0.6 is 0 Å². The van der Waals surface area contributed by atoms with E-state index in [0.29, 0.717) is 5.01 Å². The number of carbonyl (C=O) groups excluding carboxylic acids is 1. The summed E-state index contributed by atoms with van der Waals surface area (Å²) >= 11 is 0. The van der Waals surface area contributed by atoms with Gasteiger partial charge < -0.3 is 25.5 Å². The van der Waals surface area contributed by atoms with Crippen LogP contribution in [0.15, 0.2) is 30.3 Å². The van der Waals surface area contributed by atoms with Gasteiger partial charge in [0.2, 0.25) is 0 Å². The first kappa shape index (κ1) is 17.5. The Hall–Kier alpha value is -1.55. The number of amides is 1. The summed E-state index contributed by atoms with van der Waals surface area (Å²) in [5.41, 5.74) is 0.277. The van der Waals surface area contributed by atoms with E-state index in [-0.39, 0.29) is 5.69 Å². The fourth-order valence-electron chi connectivity index (χ4n) is 1.68. The molecule has 1 rings (SSSR count). The number of benzene rings is 1. The first-order valence-corrected chi connectivity index (χ1v) is 6.31. The second-order valence-electron chi connectivity index (χ2n) is 4.70. The highest BCUT2D eigenvalue weighted by Gasteiger charge is 2.37. The number of rotatable bonds is 6. The van der Waals surface area contributed by atoms with Crippen LogP contribution in [-0.2, 0) is 4.79 Å². The van der Waals surface area contributed by atoms with Gasteiger partial charge in [0.25, 0.3) is 5.91 Å². The van der Waals surface area contributed by atoms with Crippen LogP contribution in [0.4, 0.5) is 5.69 Å². The van der Waals surface area contributed by atoms with Crippen LogP contribution in [-0.4, -0.2) is 62.0 Å². The Balaban J connectivity index is 2.78. The second kappa shape index (κ2) is 7.46. The summed E-state index contributed by atoms with van der Waals surface area (Å²) in [6.07, 6.45) is -9.03. The molecule has 0 bridgehead atoms. The van der Waals surface area contributed by atoms with Gasteiger partial charge in [-0.2, -0.15) is 0 Å². The van der Waals surface area contributed by atoms with Gasteiger partial charge in [-0.15, -0.1) is 0 Å². The monoisotopic (exact) mass is 300 g/mol. The molecule has 0 unspecified atom stereocenters. The normalized spacial score (nSPS) is 18.4. The molecule has 0 aliphatic heterocycles. The summed E-state index contributed by atoms with van der Waals surface area (Å²) < 4.78 is 0. The molecule has 0 spiro atoms. The first-order valence-electron chi connectivity index (χ1n) is 6.31. The third kappa shape index (κ3) is 4.21. The molecule has 8 nitrogen and oxygen atoms in total. The Morgan fingerprint density at radius 3 is 2.00 bits per heavy atom. The molecule has 0 radical (unpaired) electrons. The van der Waals surface area contributed by atoms with Gasteiger partial charge in [0.15, 0.2) is 6.10 Å². The molecule has 5 atom stereocenters. The Bertz CT molecular complexity index is 455.